The smallest absolute Gasteiger partial charge is 0.247 e. The Balaban J connectivity index is 1.43. The molecule has 0 saturated carbocycles. The van der Waals surface area contributed by atoms with Gasteiger partial charge in [0.05, 0.1) is 13.2 Å². The molecule has 0 atom stereocenters. The largest absolute Gasteiger partial charge is 0.341 e. The number of hydrogen-bond donors (Lipinski definition) is 1. The van der Waals surface area contributed by atoms with Crippen LogP contribution in [0.4, 0.5) is 5.69 Å². The molecule has 1 spiro atoms. The van der Waals surface area contributed by atoms with Gasteiger partial charge in [-0.15, -0.1) is 0 Å². The number of carbonyl (C=O) groups is 3. The van der Waals surface area contributed by atoms with Crippen molar-refractivity contribution >= 4 is 23.4 Å². The lowest BCUT2D eigenvalue weighted by Gasteiger charge is -2.43. The Morgan fingerprint density at radius 2 is 1.81 bits per heavy atom. The van der Waals surface area contributed by atoms with Gasteiger partial charge in [0.1, 0.15) is 5.54 Å². The summed E-state index contributed by atoms with van der Waals surface area (Å²) in [6, 6.07) is 9.93. The van der Waals surface area contributed by atoms with E-state index in [1.807, 2.05) is 30.3 Å². The first-order chi connectivity index (χ1) is 12.6. The maximum Gasteiger partial charge on any atom is 0.247 e. The van der Waals surface area contributed by atoms with Gasteiger partial charge in [0, 0.05) is 31.7 Å². The summed E-state index contributed by atoms with van der Waals surface area (Å²) < 4.78 is 0. The quantitative estimate of drug-likeness (QED) is 0.859. The average Bonchev–Trinajstić information content (AvgIpc) is 3.20. The van der Waals surface area contributed by atoms with Crippen molar-refractivity contribution in [3.05, 3.63) is 30.3 Å². The van der Waals surface area contributed by atoms with Crippen molar-refractivity contribution in [3.8, 4) is 0 Å². The highest BCUT2D eigenvalue weighted by molar-refractivity contribution is 5.94. The van der Waals surface area contributed by atoms with E-state index in [9.17, 15) is 14.4 Å². The van der Waals surface area contributed by atoms with Crippen LogP contribution < -0.4 is 10.2 Å². The molecule has 1 aromatic carbocycles. The Morgan fingerprint density at radius 1 is 1.08 bits per heavy atom. The van der Waals surface area contributed by atoms with Crippen molar-refractivity contribution < 1.29 is 14.4 Å². The molecule has 3 aliphatic rings. The molecule has 0 radical (unpaired) electrons. The number of hydrogen-bond acceptors (Lipinski definition) is 4. The Kier molecular flexibility index (Phi) is 4.30. The molecule has 0 aliphatic carbocycles. The van der Waals surface area contributed by atoms with Crippen LogP contribution in [0.5, 0.6) is 0 Å². The van der Waals surface area contributed by atoms with E-state index in [2.05, 4.69) is 10.2 Å². The van der Waals surface area contributed by atoms with Gasteiger partial charge < -0.3 is 20.0 Å². The highest BCUT2D eigenvalue weighted by Gasteiger charge is 2.50. The zero-order valence-corrected chi connectivity index (χ0v) is 14.8. The summed E-state index contributed by atoms with van der Waals surface area (Å²) >= 11 is 0. The molecule has 26 heavy (non-hydrogen) atoms. The maximum atomic E-state index is 12.6. The van der Waals surface area contributed by atoms with Gasteiger partial charge >= 0.3 is 0 Å². The minimum Gasteiger partial charge on any atom is -0.341 e. The van der Waals surface area contributed by atoms with E-state index in [4.69, 9.17) is 0 Å². The Labute approximate surface area is 152 Å². The number of carbonyl (C=O) groups excluding carboxylic acids is 3. The third-order valence-corrected chi connectivity index (χ3v) is 5.85. The van der Waals surface area contributed by atoms with Crippen LogP contribution in [0.3, 0.4) is 0 Å². The summed E-state index contributed by atoms with van der Waals surface area (Å²) in [5.74, 6) is 0.0974. The first kappa shape index (κ1) is 16.9. The highest BCUT2D eigenvalue weighted by atomic mass is 16.2. The number of benzene rings is 1. The molecule has 3 amide bonds. The average molecular weight is 356 g/mol. The lowest BCUT2D eigenvalue weighted by molar-refractivity contribution is -0.140. The lowest BCUT2D eigenvalue weighted by atomic mass is 9.85. The minimum absolute atomic E-state index is 0.0141. The normalized spacial score (nSPS) is 22.2. The van der Waals surface area contributed by atoms with Gasteiger partial charge in [-0.3, -0.25) is 14.4 Å². The standard InChI is InChI=1S/C19H24N4O3/c24-16-7-4-10-22(16)13-17(25)21-11-8-19(9-12-21)18(26)20-14-23(19)15-5-2-1-3-6-15/h1-3,5-6H,4,7-14H2,(H,20,26). The van der Waals surface area contributed by atoms with Gasteiger partial charge in [0.15, 0.2) is 0 Å². The molecular formula is C19H24N4O3. The van der Waals surface area contributed by atoms with Gasteiger partial charge in [-0.25, -0.2) is 0 Å². The van der Waals surface area contributed by atoms with Crippen molar-refractivity contribution in [3.63, 3.8) is 0 Å². The Bertz CT molecular complexity index is 713. The Morgan fingerprint density at radius 3 is 2.46 bits per heavy atom. The number of para-hydroxylation sites is 1. The van der Waals surface area contributed by atoms with Crippen LogP contribution in [0.2, 0.25) is 0 Å². The monoisotopic (exact) mass is 356 g/mol. The van der Waals surface area contributed by atoms with E-state index >= 15 is 0 Å². The summed E-state index contributed by atoms with van der Waals surface area (Å²) in [6.07, 6.45) is 2.59. The van der Waals surface area contributed by atoms with Crippen molar-refractivity contribution in [2.24, 2.45) is 0 Å². The molecule has 7 heteroatoms. The number of nitrogens with one attached hydrogen (secondary N) is 1. The van der Waals surface area contributed by atoms with Crippen molar-refractivity contribution in [2.75, 3.05) is 37.7 Å². The predicted molar refractivity (Wildman–Crippen MR) is 96.3 cm³/mol. The van der Waals surface area contributed by atoms with Crippen LogP contribution >= 0.6 is 0 Å². The zero-order chi connectivity index (χ0) is 18.1. The number of piperidine rings is 1. The third kappa shape index (κ3) is 2.81. The molecule has 0 bridgehead atoms. The fourth-order valence-electron chi connectivity index (χ4n) is 4.29. The molecule has 3 saturated heterocycles. The molecule has 3 aliphatic heterocycles. The molecule has 1 aromatic rings. The predicted octanol–water partition coefficient (Wildman–Crippen LogP) is 0.564. The number of amides is 3. The molecule has 1 N–H and O–H groups in total. The fraction of sp³-hybridized carbons (Fsp3) is 0.526. The van der Waals surface area contributed by atoms with E-state index in [0.29, 0.717) is 45.6 Å². The van der Waals surface area contributed by atoms with Gasteiger partial charge in [-0.1, -0.05) is 18.2 Å². The molecular weight excluding hydrogens is 332 g/mol. The number of likely N-dealkylation sites (tertiary alicyclic amines) is 2. The molecule has 3 heterocycles. The molecule has 0 unspecified atom stereocenters. The Hall–Kier alpha value is -2.57. The lowest BCUT2D eigenvalue weighted by Crippen LogP contribution is -2.58. The second kappa shape index (κ2) is 6.63. The summed E-state index contributed by atoms with van der Waals surface area (Å²) in [5.41, 5.74) is 0.440. The van der Waals surface area contributed by atoms with Gasteiger partial charge in [0.25, 0.3) is 0 Å². The second-order valence-corrected chi connectivity index (χ2v) is 7.26. The molecule has 3 fully saturated rings. The SMILES string of the molecule is O=C(CN1CCCC1=O)N1CCC2(CC1)C(=O)NCN2c1ccccc1. The van der Waals surface area contributed by atoms with E-state index in [1.165, 1.54) is 0 Å². The van der Waals surface area contributed by atoms with Crippen LogP contribution in [-0.4, -0.2) is 65.9 Å². The van der Waals surface area contributed by atoms with Crippen LogP contribution in [-0.2, 0) is 14.4 Å². The van der Waals surface area contributed by atoms with Gasteiger partial charge in [-0.2, -0.15) is 0 Å². The van der Waals surface area contributed by atoms with E-state index in [-0.39, 0.29) is 24.3 Å². The first-order valence-corrected chi connectivity index (χ1v) is 9.27. The number of rotatable bonds is 3. The summed E-state index contributed by atoms with van der Waals surface area (Å²) in [4.78, 5) is 42.5. The van der Waals surface area contributed by atoms with Crippen LogP contribution in [0.15, 0.2) is 30.3 Å². The highest BCUT2D eigenvalue weighted by Crippen LogP contribution is 2.36. The minimum atomic E-state index is -0.582. The van der Waals surface area contributed by atoms with E-state index in [0.717, 1.165) is 12.1 Å². The van der Waals surface area contributed by atoms with Crippen LogP contribution in [0.1, 0.15) is 25.7 Å². The topological polar surface area (TPSA) is 73.0 Å². The van der Waals surface area contributed by atoms with Gasteiger partial charge in [0.2, 0.25) is 17.7 Å². The summed E-state index contributed by atoms with van der Waals surface area (Å²) in [7, 11) is 0. The zero-order valence-electron chi connectivity index (χ0n) is 14.8. The summed E-state index contributed by atoms with van der Waals surface area (Å²) in [6.45, 7) is 2.42. The molecule has 0 aromatic heterocycles. The van der Waals surface area contributed by atoms with Gasteiger partial charge in [-0.05, 0) is 31.4 Å². The van der Waals surface area contributed by atoms with Crippen LogP contribution in [0, 0.1) is 0 Å². The number of anilines is 1. The number of nitrogens with zero attached hydrogens (tertiary/aromatic N) is 3. The third-order valence-electron chi connectivity index (χ3n) is 5.85. The fourth-order valence-corrected chi connectivity index (χ4v) is 4.29. The van der Waals surface area contributed by atoms with Crippen molar-refractivity contribution in [1.82, 2.24) is 15.1 Å². The molecule has 4 rings (SSSR count). The maximum absolute atomic E-state index is 12.6. The van der Waals surface area contributed by atoms with Crippen molar-refractivity contribution in [1.29, 1.82) is 0 Å². The summed E-state index contributed by atoms with van der Waals surface area (Å²) in [5, 5.41) is 2.97. The molecule has 7 nitrogen and oxygen atoms in total. The van der Waals surface area contributed by atoms with E-state index in [1.54, 1.807) is 9.80 Å². The molecule has 138 valence electrons. The second-order valence-electron chi connectivity index (χ2n) is 7.26. The van der Waals surface area contributed by atoms with Crippen LogP contribution in [0.25, 0.3) is 0 Å². The van der Waals surface area contributed by atoms with Crippen molar-refractivity contribution in [2.45, 2.75) is 31.2 Å². The van der Waals surface area contributed by atoms with E-state index < -0.39 is 5.54 Å². The first-order valence-electron chi connectivity index (χ1n) is 9.27.